The van der Waals surface area contributed by atoms with Crippen molar-refractivity contribution in [1.29, 1.82) is 0 Å². The molecule has 1 aromatic heterocycles. The van der Waals surface area contributed by atoms with Gasteiger partial charge in [-0.15, -0.1) is 0 Å². The molecule has 0 bridgehead atoms. The fourth-order valence-corrected chi connectivity index (χ4v) is 2.37. The molecule has 2 amide bonds. The molecule has 0 spiro atoms. The van der Waals surface area contributed by atoms with Gasteiger partial charge in [-0.3, -0.25) is 19.4 Å². The van der Waals surface area contributed by atoms with Crippen LogP contribution in [0.15, 0.2) is 18.5 Å². The van der Waals surface area contributed by atoms with Gasteiger partial charge in [0.15, 0.2) is 0 Å². The first-order valence-corrected chi connectivity index (χ1v) is 6.64. The van der Waals surface area contributed by atoms with E-state index in [4.69, 9.17) is 5.11 Å². The van der Waals surface area contributed by atoms with E-state index in [1.165, 1.54) is 16.0 Å². The zero-order valence-electron chi connectivity index (χ0n) is 11.9. The van der Waals surface area contributed by atoms with Crippen molar-refractivity contribution in [3.05, 3.63) is 29.6 Å². The Balaban J connectivity index is 2.16. The summed E-state index contributed by atoms with van der Waals surface area (Å²) in [7, 11) is 0. The monoisotopic (exact) mass is 291 g/mol. The van der Waals surface area contributed by atoms with Crippen molar-refractivity contribution >= 4 is 17.8 Å². The van der Waals surface area contributed by atoms with Crippen molar-refractivity contribution in [3.8, 4) is 0 Å². The summed E-state index contributed by atoms with van der Waals surface area (Å²) in [6.45, 7) is 3.62. The van der Waals surface area contributed by atoms with E-state index < -0.39 is 12.0 Å². The molecule has 1 aromatic rings. The quantitative estimate of drug-likeness (QED) is 0.856. The number of carbonyl (C=O) groups is 3. The number of aliphatic carboxylic acids is 1. The van der Waals surface area contributed by atoms with Crippen molar-refractivity contribution in [2.75, 3.05) is 19.6 Å². The highest BCUT2D eigenvalue weighted by Crippen LogP contribution is 2.16. The third-order valence-corrected chi connectivity index (χ3v) is 3.60. The lowest BCUT2D eigenvalue weighted by atomic mass is 10.1. The van der Waals surface area contributed by atoms with E-state index >= 15 is 0 Å². The zero-order chi connectivity index (χ0) is 15.6. The second-order valence-electron chi connectivity index (χ2n) is 5.02. The highest BCUT2D eigenvalue weighted by atomic mass is 16.4. The zero-order valence-corrected chi connectivity index (χ0v) is 11.9. The first-order valence-electron chi connectivity index (χ1n) is 6.64. The number of amides is 2. The molecule has 0 unspecified atom stereocenters. The van der Waals surface area contributed by atoms with E-state index in [1.807, 2.05) is 6.92 Å². The maximum Gasteiger partial charge on any atom is 0.323 e. The highest BCUT2D eigenvalue weighted by Gasteiger charge is 2.35. The molecule has 1 N–H and O–H groups in total. The average molecular weight is 291 g/mol. The molecule has 21 heavy (non-hydrogen) atoms. The number of piperazine rings is 1. The standard InChI is InChI=1S/C14H17N3O4/c1-9-3-4-15-7-11(9)14(21)17-6-5-16(8-12(18)19)13(20)10(17)2/h3-4,7,10H,5-6,8H2,1-2H3,(H,18,19)/t10-/m0/s1. The van der Waals surface area contributed by atoms with Crippen LogP contribution < -0.4 is 0 Å². The second-order valence-corrected chi connectivity index (χ2v) is 5.02. The molecule has 0 aliphatic carbocycles. The Bertz CT molecular complexity index is 587. The van der Waals surface area contributed by atoms with Crippen molar-refractivity contribution in [1.82, 2.24) is 14.8 Å². The van der Waals surface area contributed by atoms with Crippen molar-refractivity contribution in [2.24, 2.45) is 0 Å². The van der Waals surface area contributed by atoms with Crippen molar-refractivity contribution < 1.29 is 19.5 Å². The van der Waals surface area contributed by atoms with Gasteiger partial charge in [-0.05, 0) is 25.5 Å². The summed E-state index contributed by atoms with van der Waals surface area (Å²) in [6, 6.07) is 1.06. The number of aryl methyl sites for hydroxylation is 1. The number of rotatable bonds is 3. The van der Waals surface area contributed by atoms with Crippen LogP contribution in [0, 0.1) is 6.92 Å². The summed E-state index contributed by atoms with van der Waals surface area (Å²) >= 11 is 0. The predicted octanol–water partition coefficient (Wildman–Crippen LogP) is 0.148. The van der Waals surface area contributed by atoms with E-state index in [0.717, 1.165) is 5.56 Å². The summed E-state index contributed by atoms with van der Waals surface area (Å²) in [5.74, 6) is -1.66. The van der Waals surface area contributed by atoms with E-state index in [1.54, 1.807) is 19.2 Å². The van der Waals surface area contributed by atoms with Gasteiger partial charge < -0.3 is 14.9 Å². The van der Waals surface area contributed by atoms with Gasteiger partial charge in [0.2, 0.25) is 5.91 Å². The Kier molecular flexibility index (Phi) is 4.21. The number of hydrogen-bond donors (Lipinski definition) is 1. The Morgan fingerprint density at radius 1 is 1.43 bits per heavy atom. The van der Waals surface area contributed by atoms with Crippen LogP contribution in [0.25, 0.3) is 0 Å². The molecular formula is C14H17N3O4. The van der Waals surface area contributed by atoms with E-state index in [2.05, 4.69) is 4.98 Å². The molecular weight excluding hydrogens is 274 g/mol. The van der Waals surface area contributed by atoms with Crippen LogP contribution in [-0.4, -0.2) is 63.4 Å². The minimum Gasteiger partial charge on any atom is -0.480 e. The maximum atomic E-state index is 12.5. The molecule has 1 fully saturated rings. The lowest BCUT2D eigenvalue weighted by Crippen LogP contribution is -2.58. The topological polar surface area (TPSA) is 90.8 Å². The van der Waals surface area contributed by atoms with Crippen LogP contribution in [0.5, 0.6) is 0 Å². The molecule has 2 heterocycles. The lowest BCUT2D eigenvalue weighted by Gasteiger charge is -2.38. The lowest BCUT2D eigenvalue weighted by molar-refractivity contribution is -0.148. The number of aromatic nitrogens is 1. The molecule has 112 valence electrons. The van der Waals surface area contributed by atoms with Gasteiger partial charge in [-0.25, -0.2) is 0 Å². The van der Waals surface area contributed by atoms with E-state index in [0.29, 0.717) is 12.1 Å². The number of hydrogen-bond acceptors (Lipinski definition) is 4. The van der Waals surface area contributed by atoms with Gasteiger partial charge in [-0.2, -0.15) is 0 Å². The molecule has 7 nitrogen and oxygen atoms in total. The molecule has 0 saturated carbocycles. The first-order chi connectivity index (χ1) is 9.91. The number of pyridine rings is 1. The van der Waals surface area contributed by atoms with Crippen LogP contribution in [0.1, 0.15) is 22.8 Å². The van der Waals surface area contributed by atoms with Gasteiger partial charge in [0.1, 0.15) is 12.6 Å². The Labute approximate surface area is 122 Å². The molecule has 1 aliphatic heterocycles. The summed E-state index contributed by atoms with van der Waals surface area (Å²) in [5, 5.41) is 8.78. The third-order valence-electron chi connectivity index (χ3n) is 3.60. The third kappa shape index (κ3) is 3.01. The van der Waals surface area contributed by atoms with Crippen LogP contribution in [-0.2, 0) is 9.59 Å². The molecule has 7 heteroatoms. The fraction of sp³-hybridized carbons (Fsp3) is 0.429. The summed E-state index contributed by atoms with van der Waals surface area (Å²) < 4.78 is 0. The van der Waals surface area contributed by atoms with E-state index in [-0.39, 0.29) is 24.9 Å². The van der Waals surface area contributed by atoms with Crippen molar-refractivity contribution in [2.45, 2.75) is 19.9 Å². The summed E-state index contributed by atoms with van der Waals surface area (Å²) in [6.07, 6.45) is 3.09. The molecule has 0 radical (unpaired) electrons. The normalized spacial score (nSPS) is 18.8. The van der Waals surface area contributed by atoms with Gasteiger partial charge in [0, 0.05) is 25.5 Å². The van der Waals surface area contributed by atoms with Gasteiger partial charge in [0.05, 0.1) is 5.56 Å². The fourth-order valence-electron chi connectivity index (χ4n) is 2.37. The molecule has 2 rings (SSSR count). The van der Waals surface area contributed by atoms with Crippen LogP contribution >= 0.6 is 0 Å². The minimum atomic E-state index is -1.06. The van der Waals surface area contributed by atoms with Gasteiger partial charge >= 0.3 is 5.97 Å². The first kappa shape index (κ1) is 15.0. The molecule has 1 aliphatic rings. The Morgan fingerprint density at radius 3 is 2.76 bits per heavy atom. The minimum absolute atomic E-state index is 0.223. The number of carboxylic acid groups (broad SMARTS) is 1. The maximum absolute atomic E-state index is 12.5. The molecule has 0 aromatic carbocycles. The van der Waals surface area contributed by atoms with Crippen LogP contribution in [0.4, 0.5) is 0 Å². The summed E-state index contributed by atoms with van der Waals surface area (Å²) in [4.78, 5) is 42.0. The van der Waals surface area contributed by atoms with E-state index in [9.17, 15) is 14.4 Å². The second kappa shape index (κ2) is 5.90. The average Bonchev–Trinajstić information content (AvgIpc) is 2.43. The van der Waals surface area contributed by atoms with Crippen LogP contribution in [0.2, 0.25) is 0 Å². The summed E-state index contributed by atoms with van der Waals surface area (Å²) in [5.41, 5.74) is 1.26. The smallest absolute Gasteiger partial charge is 0.323 e. The molecule has 1 saturated heterocycles. The van der Waals surface area contributed by atoms with Crippen LogP contribution in [0.3, 0.4) is 0 Å². The highest BCUT2D eigenvalue weighted by molar-refractivity contribution is 5.99. The largest absolute Gasteiger partial charge is 0.480 e. The Hall–Kier alpha value is -2.44. The Morgan fingerprint density at radius 2 is 2.14 bits per heavy atom. The SMILES string of the molecule is Cc1ccncc1C(=O)N1CCN(CC(=O)O)C(=O)[C@@H]1C. The van der Waals surface area contributed by atoms with Crippen molar-refractivity contribution in [3.63, 3.8) is 0 Å². The van der Waals surface area contributed by atoms with Gasteiger partial charge in [-0.1, -0.05) is 0 Å². The van der Waals surface area contributed by atoms with Gasteiger partial charge in [0.25, 0.3) is 5.91 Å². The number of carboxylic acids is 1. The molecule has 1 atom stereocenters. The predicted molar refractivity (Wildman–Crippen MR) is 73.7 cm³/mol. The number of nitrogens with zero attached hydrogens (tertiary/aromatic N) is 3. The number of carbonyl (C=O) groups excluding carboxylic acids is 2.